The van der Waals surface area contributed by atoms with Gasteiger partial charge >= 0.3 is 0 Å². The Balaban J connectivity index is 2.11. The number of aromatic nitrogens is 2. The average molecular weight is 337 g/mol. The Morgan fingerprint density at radius 3 is 2.78 bits per heavy atom. The zero-order chi connectivity index (χ0) is 16.8. The quantitative estimate of drug-likeness (QED) is 0.816. The number of morpholine rings is 1. The monoisotopic (exact) mass is 337 g/mol. The molecule has 7 nitrogen and oxygen atoms in total. The summed E-state index contributed by atoms with van der Waals surface area (Å²) in [5.41, 5.74) is 0.649. The average Bonchev–Trinajstić information content (AvgIpc) is 2.89. The van der Waals surface area contributed by atoms with Gasteiger partial charge in [-0.25, -0.2) is 13.4 Å². The van der Waals surface area contributed by atoms with E-state index in [1.807, 2.05) is 13.8 Å². The van der Waals surface area contributed by atoms with E-state index in [9.17, 15) is 13.2 Å². The zero-order valence-electron chi connectivity index (χ0n) is 13.3. The van der Waals surface area contributed by atoms with Crippen molar-refractivity contribution >= 4 is 21.3 Å². The van der Waals surface area contributed by atoms with Gasteiger partial charge in [-0.15, -0.1) is 0 Å². The topological polar surface area (TPSA) is 81.0 Å². The minimum absolute atomic E-state index is 0.0570. The molecule has 0 spiro atoms. The highest BCUT2D eigenvalue weighted by molar-refractivity contribution is 7.90. The number of carbonyl (C=O) groups is 1. The first-order valence-corrected chi connectivity index (χ1v) is 9.28. The van der Waals surface area contributed by atoms with E-state index in [0.29, 0.717) is 18.7 Å². The number of sulfone groups is 1. The smallest absolute Gasteiger partial charge is 0.275 e. The molecule has 3 heterocycles. The van der Waals surface area contributed by atoms with Gasteiger partial charge in [0.1, 0.15) is 0 Å². The van der Waals surface area contributed by atoms with Crippen LogP contribution in [0.3, 0.4) is 0 Å². The second kappa shape index (κ2) is 5.61. The maximum atomic E-state index is 12.9. The van der Waals surface area contributed by atoms with E-state index in [-0.39, 0.29) is 28.9 Å². The van der Waals surface area contributed by atoms with Crippen molar-refractivity contribution in [1.82, 2.24) is 14.3 Å². The molecule has 124 valence electrons. The molecule has 2 atom stereocenters. The van der Waals surface area contributed by atoms with Crippen molar-refractivity contribution in [1.29, 1.82) is 0 Å². The summed E-state index contributed by atoms with van der Waals surface area (Å²) < 4.78 is 30.9. The van der Waals surface area contributed by atoms with Crippen LogP contribution < -0.4 is 0 Å². The van der Waals surface area contributed by atoms with Gasteiger partial charge < -0.3 is 9.64 Å². The number of carbonyl (C=O) groups excluding carboxylic acids is 1. The highest BCUT2D eigenvalue weighted by Crippen LogP contribution is 2.21. The molecule has 0 aromatic carbocycles. The van der Waals surface area contributed by atoms with Gasteiger partial charge in [-0.05, 0) is 26.0 Å². The standard InChI is InChI=1S/C15H19N3O4S/c1-10-9-22-11(2)8-18(10)14(19)13-12-6-4-5-7-17(12)15(16-13)23(3,20)21/h4-7,10-11H,8-9H2,1-3H3/t10-,11-/m0/s1. The van der Waals surface area contributed by atoms with Crippen LogP contribution in [0.2, 0.25) is 0 Å². The maximum absolute atomic E-state index is 12.9. The summed E-state index contributed by atoms with van der Waals surface area (Å²) in [5.74, 6) is -0.272. The van der Waals surface area contributed by atoms with Gasteiger partial charge in [0.25, 0.3) is 5.91 Å². The minimum Gasteiger partial charge on any atom is -0.375 e. The molecule has 0 unspecified atom stereocenters. The molecule has 0 saturated carbocycles. The van der Waals surface area contributed by atoms with Crippen molar-refractivity contribution in [2.24, 2.45) is 0 Å². The van der Waals surface area contributed by atoms with Gasteiger partial charge in [0.05, 0.1) is 24.3 Å². The zero-order valence-corrected chi connectivity index (χ0v) is 14.1. The number of amides is 1. The van der Waals surface area contributed by atoms with E-state index in [2.05, 4.69) is 4.98 Å². The fraction of sp³-hybridized carbons (Fsp3) is 0.467. The van der Waals surface area contributed by atoms with E-state index in [1.165, 1.54) is 4.40 Å². The van der Waals surface area contributed by atoms with E-state index >= 15 is 0 Å². The van der Waals surface area contributed by atoms with Crippen LogP contribution in [-0.4, -0.2) is 60.2 Å². The highest BCUT2D eigenvalue weighted by Gasteiger charge is 2.32. The summed E-state index contributed by atoms with van der Waals surface area (Å²) >= 11 is 0. The van der Waals surface area contributed by atoms with Crippen LogP contribution >= 0.6 is 0 Å². The third-order valence-electron chi connectivity index (χ3n) is 3.92. The van der Waals surface area contributed by atoms with Gasteiger partial charge in [0, 0.05) is 19.0 Å². The van der Waals surface area contributed by atoms with Gasteiger partial charge in [-0.3, -0.25) is 9.20 Å². The van der Waals surface area contributed by atoms with Gasteiger partial charge in [0.2, 0.25) is 15.0 Å². The summed E-state index contributed by atoms with van der Waals surface area (Å²) in [4.78, 5) is 18.7. The lowest BCUT2D eigenvalue weighted by atomic mass is 10.2. The Morgan fingerprint density at radius 2 is 2.09 bits per heavy atom. The molecule has 2 aromatic heterocycles. The number of rotatable bonds is 2. The molecule has 23 heavy (non-hydrogen) atoms. The number of fused-ring (bicyclic) bond motifs is 1. The highest BCUT2D eigenvalue weighted by atomic mass is 32.2. The fourth-order valence-corrected chi connectivity index (χ4v) is 3.52. The molecule has 1 aliphatic rings. The molecule has 8 heteroatoms. The minimum atomic E-state index is -3.54. The normalized spacial score (nSPS) is 22.5. The molecule has 1 aliphatic heterocycles. The first-order chi connectivity index (χ1) is 10.8. The fourth-order valence-electron chi connectivity index (χ4n) is 2.75. The molecule has 0 bridgehead atoms. The van der Waals surface area contributed by atoms with Crippen molar-refractivity contribution in [3.63, 3.8) is 0 Å². The second-order valence-electron chi connectivity index (χ2n) is 5.92. The predicted octanol–water partition coefficient (Wildman–Crippen LogP) is 0.987. The SMILES string of the molecule is C[C@H]1CN(C(=O)c2nc(S(C)(=O)=O)n3ccccc23)[C@@H](C)CO1. The summed E-state index contributed by atoms with van der Waals surface area (Å²) in [6.45, 7) is 4.72. The molecule has 0 aliphatic carbocycles. The molecule has 1 fully saturated rings. The molecule has 0 radical (unpaired) electrons. The van der Waals surface area contributed by atoms with Gasteiger partial charge in [0.15, 0.2) is 5.69 Å². The first-order valence-electron chi connectivity index (χ1n) is 7.38. The van der Waals surface area contributed by atoms with Crippen molar-refractivity contribution in [3.05, 3.63) is 30.1 Å². The molecule has 1 saturated heterocycles. The van der Waals surface area contributed by atoms with Crippen LogP contribution in [0.25, 0.3) is 5.52 Å². The number of nitrogens with zero attached hydrogens (tertiary/aromatic N) is 3. The Labute approximate surface area is 134 Å². The van der Waals surface area contributed by atoms with Crippen LogP contribution in [0.5, 0.6) is 0 Å². The number of hydrogen-bond acceptors (Lipinski definition) is 5. The van der Waals surface area contributed by atoms with Crippen molar-refractivity contribution < 1.29 is 17.9 Å². The summed E-state index contributed by atoms with van der Waals surface area (Å²) in [7, 11) is -3.54. The Kier molecular flexibility index (Phi) is 3.89. The van der Waals surface area contributed by atoms with Crippen LogP contribution in [0.4, 0.5) is 0 Å². The van der Waals surface area contributed by atoms with Gasteiger partial charge in [-0.2, -0.15) is 0 Å². The maximum Gasteiger partial charge on any atom is 0.275 e. The van der Waals surface area contributed by atoms with E-state index in [0.717, 1.165) is 6.26 Å². The van der Waals surface area contributed by atoms with Crippen molar-refractivity contribution in [3.8, 4) is 0 Å². The third-order valence-corrected chi connectivity index (χ3v) is 4.87. The molecular weight excluding hydrogens is 318 g/mol. The number of imidazole rings is 1. The number of pyridine rings is 1. The molecule has 2 aromatic rings. The van der Waals surface area contributed by atoms with Crippen LogP contribution in [0.15, 0.2) is 29.6 Å². The lowest BCUT2D eigenvalue weighted by Gasteiger charge is -2.36. The summed E-state index contributed by atoms with van der Waals surface area (Å²) in [6, 6.07) is 5.08. The Morgan fingerprint density at radius 1 is 1.35 bits per heavy atom. The van der Waals surface area contributed by atoms with Crippen LogP contribution in [0.1, 0.15) is 24.3 Å². The van der Waals surface area contributed by atoms with E-state index in [4.69, 9.17) is 4.74 Å². The second-order valence-corrected chi connectivity index (χ2v) is 7.83. The molecule has 3 rings (SSSR count). The largest absolute Gasteiger partial charge is 0.375 e. The first kappa shape index (κ1) is 15.9. The van der Waals surface area contributed by atoms with E-state index < -0.39 is 9.84 Å². The van der Waals surface area contributed by atoms with Crippen molar-refractivity contribution in [2.75, 3.05) is 19.4 Å². The number of hydrogen-bond donors (Lipinski definition) is 0. The summed E-state index contributed by atoms with van der Waals surface area (Å²) in [6.07, 6.45) is 2.63. The third kappa shape index (κ3) is 2.84. The van der Waals surface area contributed by atoms with Gasteiger partial charge in [-0.1, -0.05) is 6.07 Å². The molecule has 1 amide bonds. The van der Waals surface area contributed by atoms with Crippen LogP contribution in [0, 0.1) is 0 Å². The van der Waals surface area contributed by atoms with E-state index in [1.54, 1.807) is 29.3 Å². The lowest BCUT2D eigenvalue weighted by Crippen LogP contribution is -2.50. The molecular formula is C15H19N3O4S. The Hall–Kier alpha value is -1.93. The number of ether oxygens (including phenoxy) is 1. The van der Waals surface area contributed by atoms with Crippen molar-refractivity contribution in [2.45, 2.75) is 31.1 Å². The summed E-state index contributed by atoms with van der Waals surface area (Å²) in [5, 5.41) is -0.120. The lowest BCUT2D eigenvalue weighted by molar-refractivity contribution is -0.0388. The molecule has 0 N–H and O–H groups in total. The van der Waals surface area contributed by atoms with Crippen LogP contribution in [-0.2, 0) is 14.6 Å². The Bertz CT molecular complexity index is 859. The predicted molar refractivity (Wildman–Crippen MR) is 84.2 cm³/mol.